The number of nitrogens with zero attached hydrogens (tertiary/aromatic N) is 1. The summed E-state index contributed by atoms with van der Waals surface area (Å²) in [6.07, 6.45) is 0. The fourth-order valence-corrected chi connectivity index (χ4v) is 6.63. The number of benzene rings is 4. The van der Waals surface area contributed by atoms with E-state index in [4.69, 9.17) is 4.74 Å². The molecule has 1 amide bonds. The molecule has 4 rings (SSSR count). The zero-order valence-electron chi connectivity index (χ0n) is 23.8. The summed E-state index contributed by atoms with van der Waals surface area (Å²) in [5.41, 5.74) is 3.85. The van der Waals surface area contributed by atoms with Crippen LogP contribution in [0.1, 0.15) is 23.6 Å². The fraction of sp³-hybridized carbons (Fsp3) is 0.194. The van der Waals surface area contributed by atoms with Crippen LogP contribution < -0.4 is 19.1 Å². The van der Waals surface area contributed by atoms with Gasteiger partial charge in [-0.2, -0.15) is 0 Å². The van der Waals surface area contributed by atoms with Gasteiger partial charge in [0.15, 0.2) is 0 Å². The molecule has 220 valence electrons. The summed E-state index contributed by atoms with van der Waals surface area (Å²) >= 11 is 0. The maximum Gasteiger partial charge on any atom is 0.264 e. The predicted molar refractivity (Wildman–Crippen MR) is 165 cm³/mol. The van der Waals surface area contributed by atoms with E-state index in [2.05, 4.69) is 10.0 Å². The minimum absolute atomic E-state index is 0.00736. The first-order valence-corrected chi connectivity index (χ1v) is 16.1. The van der Waals surface area contributed by atoms with Gasteiger partial charge < -0.3 is 10.1 Å². The molecular weight excluding hydrogens is 574 g/mol. The highest BCUT2D eigenvalue weighted by molar-refractivity contribution is 7.93. The van der Waals surface area contributed by atoms with E-state index in [1.165, 1.54) is 36.4 Å². The van der Waals surface area contributed by atoms with Crippen molar-refractivity contribution < 1.29 is 26.4 Å². The van der Waals surface area contributed by atoms with Gasteiger partial charge in [-0.15, -0.1) is 0 Å². The summed E-state index contributed by atoms with van der Waals surface area (Å²) < 4.78 is 62.5. The molecule has 0 unspecified atom stereocenters. The average molecular weight is 608 g/mol. The minimum Gasteiger partial charge on any atom is -0.492 e. The number of carbonyl (C=O) groups excluding carboxylic acids is 1. The van der Waals surface area contributed by atoms with Crippen LogP contribution in [-0.4, -0.2) is 35.9 Å². The number of nitrogens with one attached hydrogen (secondary N) is 2. The fourth-order valence-electron chi connectivity index (χ4n) is 4.15. The van der Waals surface area contributed by atoms with Gasteiger partial charge in [-0.1, -0.05) is 35.9 Å². The number of amides is 1. The summed E-state index contributed by atoms with van der Waals surface area (Å²) in [5.74, 6) is -0.310. The monoisotopic (exact) mass is 607 g/mol. The summed E-state index contributed by atoms with van der Waals surface area (Å²) in [4.78, 5) is 13.2. The molecular formula is C31H33N3O6S2. The maximum absolute atomic E-state index is 13.7. The normalized spacial score (nSPS) is 11.5. The number of ether oxygens (including phenoxy) is 1. The lowest BCUT2D eigenvalue weighted by atomic mass is 10.1. The van der Waals surface area contributed by atoms with E-state index < -0.39 is 32.5 Å². The summed E-state index contributed by atoms with van der Waals surface area (Å²) in [7, 11) is -8.03. The molecule has 0 aliphatic rings. The van der Waals surface area contributed by atoms with Crippen LogP contribution in [0.5, 0.6) is 5.75 Å². The van der Waals surface area contributed by atoms with Gasteiger partial charge in [0.25, 0.3) is 20.0 Å². The lowest BCUT2D eigenvalue weighted by Crippen LogP contribution is -2.38. The lowest BCUT2D eigenvalue weighted by Gasteiger charge is -2.26. The van der Waals surface area contributed by atoms with Crippen LogP contribution in [0.4, 0.5) is 17.1 Å². The van der Waals surface area contributed by atoms with Crippen molar-refractivity contribution in [2.75, 3.05) is 27.5 Å². The molecule has 2 N–H and O–H groups in total. The molecule has 0 fully saturated rings. The third-order valence-electron chi connectivity index (χ3n) is 6.54. The van der Waals surface area contributed by atoms with Gasteiger partial charge in [-0.25, -0.2) is 16.8 Å². The van der Waals surface area contributed by atoms with Crippen molar-refractivity contribution in [3.63, 3.8) is 0 Å². The van der Waals surface area contributed by atoms with E-state index in [-0.39, 0.29) is 15.5 Å². The molecule has 0 atom stereocenters. The SMILES string of the molecule is CCOc1ccccc1N(CC(=O)Nc1ccc(S(=O)(=O)Nc2ccc(C)c(C)c2)cc1)S(=O)(=O)c1ccc(C)cc1. The van der Waals surface area contributed by atoms with Crippen LogP contribution in [0.25, 0.3) is 0 Å². The van der Waals surface area contributed by atoms with Gasteiger partial charge in [-0.05, 0) is 99.5 Å². The van der Waals surface area contributed by atoms with Crippen molar-refractivity contribution in [1.82, 2.24) is 0 Å². The van der Waals surface area contributed by atoms with Crippen molar-refractivity contribution >= 4 is 43.0 Å². The molecule has 0 aliphatic carbocycles. The van der Waals surface area contributed by atoms with E-state index >= 15 is 0 Å². The molecule has 11 heteroatoms. The Balaban J connectivity index is 1.56. The highest BCUT2D eigenvalue weighted by Crippen LogP contribution is 2.32. The van der Waals surface area contributed by atoms with Gasteiger partial charge in [0.2, 0.25) is 5.91 Å². The average Bonchev–Trinajstić information content (AvgIpc) is 2.95. The molecule has 9 nitrogen and oxygen atoms in total. The van der Waals surface area contributed by atoms with Gasteiger partial charge in [0, 0.05) is 11.4 Å². The van der Waals surface area contributed by atoms with Gasteiger partial charge in [-0.3, -0.25) is 13.8 Å². The number of hydrogen-bond acceptors (Lipinski definition) is 6. The molecule has 0 aromatic heterocycles. The number of anilines is 3. The highest BCUT2D eigenvalue weighted by Gasteiger charge is 2.29. The van der Waals surface area contributed by atoms with Crippen LogP contribution in [0, 0.1) is 20.8 Å². The third kappa shape index (κ3) is 7.10. The molecule has 42 heavy (non-hydrogen) atoms. The van der Waals surface area contributed by atoms with E-state index in [1.807, 2.05) is 26.8 Å². The Morgan fingerprint density at radius 2 is 1.38 bits per heavy atom. The largest absolute Gasteiger partial charge is 0.492 e. The summed E-state index contributed by atoms with van der Waals surface area (Å²) in [6.45, 7) is 7.22. The predicted octanol–water partition coefficient (Wildman–Crippen LogP) is 5.65. The Kier molecular flexibility index (Phi) is 9.23. The highest BCUT2D eigenvalue weighted by atomic mass is 32.2. The smallest absolute Gasteiger partial charge is 0.264 e. The molecule has 0 saturated carbocycles. The Morgan fingerprint density at radius 1 is 0.762 bits per heavy atom. The quantitative estimate of drug-likeness (QED) is 0.227. The maximum atomic E-state index is 13.7. The van der Waals surface area contributed by atoms with E-state index in [1.54, 1.807) is 55.5 Å². The van der Waals surface area contributed by atoms with E-state index in [0.29, 0.717) is 23.7 Å². The number of hydrogen-bond donors (Lipinski definition) is 2. The zero-order valence-corrected chi connectivity index (χ0v) is 25.4. The lowest BCUT2D eigenvalue weighted by molar-refractivity contribution is -0.114. The topological polar surface area (TPSA) is 122 Å². The van der Waals surface area contributed by atoms with Gasteiger partial charge >= 0.3 is 0 Å². The molecule has 4 aromatic carbocycles. The van der Waals surface area contributed by atoms with Crippen LogP contribution in [0.3, 0.4) is 0 Å². The Morgan fingerprint density at radius 3 is 2.02 bits per heavy atom. The first kappa shape index (κ1) is 30.6. The van der Waals surface area contributed by atoms with Crippen LogP contribution >= 0.6 is 0 Å². The van der Waals surface area contributed by atoms with Gasteiger partial charge in [0.05, 0.1) is 22.1 Å². The molecule has 0 spiro atoms. The van der Waals surface area contributed by atoms with Crippen LogP contribution in [0.2, 0.25) is 0 Å². The molecule has 0 heterocycles. The number of sulfonamides is 2. The second-order valence-electron chi connectivity index (χ2n) is 9.70. The molecule has 0 bridgehead atoms. The molecule has 0 aliphatic heterocycles. The summed E-state index contributed by atoms with van der Waals surface area (Å²) in [6, 6.07) is 23.8. The first-order valence-electron chi connectivity index (χ1n) is 13.2. The van der Waals surface area contributed by atoms with Crippen LogP contribution in [0.15, 0.2) is 101 Å². The number of rotatable bonds is 11. The van der Waals surface area contributed by atoms with Crippen molar-refractivity contribution in [2.45, 2.75) is 37.5 Å². The standard InChI is InChI=1S/C31H33N3O6S2/c1-5-40-30-9-7-6-8-29(30)34(42(38,39)28-16-10-22(2)11-17-28)21-31(35)32-25-14-18-27(19-15-25)41(36,37)33-26-13-12-23(3)24(4)20-26/h6-20,33H,5,21H2,1-4H3,(H,32,35). The number of carbonyl (C=O) groups is 1. The molecule has 0 saturated heterocycles. The second kappa shape index (κ2) is 12.7. The van der Waals surface area contributed by atoms with Crippen molar-refractivity contribution in [2.24, 2.45) is 0 Å². The molecule has 0 radical (unpaired) electrons. The van der Waals surface area contributed by atoms with Gasteiger partial charge in [0.1, 0.15) is 12.3 Å². The van der Waals surface area contributed by atoms with Crippen molar-refractivity contribution in [3.8, 4) is 5.75 Å². The Bertz CT molecular complexity index is 1790. The van der Waals surface area contributed by atoms with E-state index in [0.717, 1.165) is 21.0 Å². The van der Waals surface area contributed by atoms with E-state index in [9.17, 15) is 21.6 Å². The summed E-state index contributed by atoms with van der Waals surface area (Å²) in [5, 5.41) is 2.67. The Labute approximate surface area is 247 Å². The zero-order chi connectivity index (χ0) is 30.5. The number of aryl methyl sites for hydroxylation is 3. The Hall–Kier alpha value is -4.35. The molecule has 4 aromatic rings. The van der Waals surface area contributed by atoms with Crippen molar-refractivity contribution in [1.29, 1.82) is 0 Å². The third-order valence-corrected chi connectivity index (χ3v) is 9.71. The van der Waals surface area contributed by atoms with Crippen molar-refractivity contribution in [3.05, 3.63) is 108 Å². The van der Waals surface area contributed by atoms with Crippen LogP contribution in [-0.2, 0) is 24.8 Å². The number of para-hydroxylation sites is 2. The second-order valence-corrected chi connectivity index (χ2v) is 13.2. The minimum atomic E-state index is -4.16. The first-order chi connectivity index (χ1) is 19.9.